The molecule has 1 rings (SSSR count). The van der Waals surface area contributed by atoms with E-state index in [0.717, 1.165) is 13.1 Å². The van der Waals surface area contributed by atoms with Gasteiger partial charge < -0.3 is 5.32 Å². The third-order valence-electron chi connectivity index (χ3n) is 2.46. The van der Waals surface area contributed by atoms with Gasteiger partial charge in [0.2, 0.25) is 5.91 Å². The Hall–Kier alpha value is -0.770. The summed E-state index contributed by atoms with van der Waals surface area (Å²) in [6, 6.07) is 4.99. The smallest absolute Gasteiger partial charge is 0.238 e. The Balaban J connectivity index is 2.64. The van der Waals surface area contributed by atoms with Gasteiger partial charge in [0, 0.05) is 5.02 Å². The fourth-order valence-corrected chi connectivity index (χ4v) is 1.77. The Morgan fingerprint density at radius 2 is 1.94 bits per heavy atom. The van der Waals surface area contributed by atoms with Gasteiger partial charge in [-0.2, -0.15) is 0 Å². The number of nitrogens with zero attached hydrogens (tertiary/aromatic N) is 1. The Labute approximate surface area is 112 Å². The summed E-state index contributed by atoms with van der Waals surface area (Å²) >= 11 is 11.8. The highest BCUT2D eigenvalue weighted by molar-refractivity contribution is 6.35. The summed E-state index contributed by atoms with van der Waals surface area (Å²) < 4.78 is 0. The molecular weight excluding hydrogens is 259 g/mol. The SMILES string of the molecule is CCN(CC)CC(=O)Nc1cc(Cl)ccc1Cl. The molecule has 0 unspecified atom stereocenters. The van der Waals surface area contributed by atoms with E-state index in [1.165, 1.54) is 0 Å². The van der Waals surface area contributed by atoms with Crippen LogP contribution in [0.4, 0.5) is 5.69 Å². The Morgan fingerprint density at radius 1 is 1.29 bits per heavy atom. The van der Waals surface area contributed by atoms with Crippen molar-refractivity contribution in [2.45, 2.75) is 13.8 Å². The van der Waals surface area contributed by atoms with Gasteiger partial charge in [-0.25, -0.2) is 0 Å². The topological polar surface area (TPSA) is 32.3 Å². The van der Waals surface area contributed by atoms with E-state index in [9.17, 15) is 4.79 Å². The molecule has 1 aromatic carbocycles. The number of hydrogen-bond acceptors (Lipinski definition) is 2. The number of rotatable bonds is 5. The first-order chi connectivity index (χ1) is 8.06. The fourth-order valence-electron chi connectivity index (χ4n) is 1.43. The van der Waals surface area contributed by atoms with Crippen molar-refractivity contribution in [3.8, 4) is 0 Å². The molecular formula is C12H16Cl2N2O. The van der Waals surface area contributed by atoms with Crippen LogP contribution in [0.2, 0.25) is 10.0 Å². The van der Waals surface area contributed by atoms with Gasteiger partial charge in [0.05, 0.1) is 17.3 Å². The van der Waals surface area contributed by atoms with Crippen molar-refractivity contribution >= 4 is 34.8 Å². The van der Waals surface area contributed by atoms with Crippen molar-refractivity contribution in [3.05, 3.63) is 28.2 Å². The minimum atomic E-state index is -0.0853. The van der Waals surface area contributed by atoms with E-state index in [2.05, 4.69) is 5.32 Å². The van der Waals surface area contributed by atoms with E-state index in [1.54, 1.807) is 18.2 Å². The number of amides is 1. The lowest BCUT2D eigenvalue weighted by Crippen LogP contribution is -2.32. The lowest BCUT2D eigenvalue weighted by atomic mass is 10.3. The number of likely N-dealkylation sites (N-methyl/N-ethyl adjacent to an activating group) is 1. The number of anilines is 1. The molecule has 0 radical (unpaired) electrons. The van der Waals surface area contributed by atoms with Crippen LogP contribution in [-0.4, -0.2) is 30.4 Å². The van der Waals surface area contributed by atoms with E-state index in [1.807, 2.05) is 18.7 Å². The largest absolute Gasteiger partial charge is 0.324 e. The highest BCUT2D eigenvalue weighted by atomic mass is 35.5. The van der Waals surface area contributed by atoms with Crippen molar-refractivity contribution in [1.29, 1.82) is 0 Å². The Kier molecular flexibility index (Phi) is 5.75. The molecule has 0 saturated carbocycles. The number of benzene rings is 1. The van der Waals surface area contributed by atoms with Gasteiger partial charge in [-0.05, 0) is 31.3 Å². The molecule has 0 aliphatic rings. The summed E-state index contributed by atoms with van der Waals surface area (Å²) in [6.45, 7) is 6.07. The highest BCUT2D eigenvalue weighted by Gasteiger charge is 2.09. The second kappa shape index (κ2) is 6.84. The summed E-state index contributed by atoms with van der Waals surface area (Å²) in [5, 5.41) is 3.79. The highest BCUT2D eigenvalue weighted by Crippen LogP contribution is 2.25. The van der Waals surface area contributed by atoms with Gasteiger partial charge in [-0.15, -0.1) is 0 Å². The summed E-state index contributed by atoms with van der Waals surface area (Å²) in [4.78, 5) is 13.8. The van der Waals surface area contributed by atoms with E-state index < -0.39 is 0 Å². The van der Waals surface area contributed by atoms with Gasteiger partial charge in [0.1, 0.15) is 0 Å². The second-order valence-electron chi connectivity index (χ2n) is 3.63. The molecule has 0 heterocycles. The van der Waals surface area contributed by atoms with Crippen molar-refractivity contribution < 1.29 is 4.79 Å². The van der Waals surface area contributed by atoms with Crippen LogP contribution >= 0.6 is 23.2 Å². The van der Waals surface area contributed by atoms with Crippen molar-refractivity contribution in [2.75, 3.05) is 25.0 Å². The summed E-state index contributed by atoms with van der Waals surface area (Å²) in [7, 11) is 0. The maximum absolute atomic E-state index is 11.7. The van der Waals surface area contributed by atoms with Crippen LogP contribution in [0.3, 0.4) is 0 Å². The number of hydrogen-bond donors (Lipinski definition) is 1. The van der Waals surface area contributed by atoms with E-state index >= 15 is 0 Å². The van der Waals surface area contributed by atoms with Gasteiger partial charge >= 0.3 is 0 Å². The molecule has 0 atom stereocenters. The van der Waals surface area contributed by atoms with E-state index in [0.29, 0.717) is 22.3 Å². The number of halogens is 2. The maximum atomic E-state index is 11.7. The third kappa shape index (κ3) is 4.54. The van der Waals surface area contributed by atoms with Crippen LogP contribution in [0.25, 0.3) is 0 Å². The minimum absolute atomic E-state index is 0.0853. The molecule has 0 bridgehead atoms. The normalized spacial score (nSPS) is 10.6. The van der Waals surface area contributed by atoms with Crippen LogP contribution in [-0.2, 0) is 4.79 Å². The second-order valence-corrected chi connectivity index (χ2v) is 4.48. The zero-order chi connectivity index (χ0) is 12.8. The van der Waals surface area contributed by atoms with Gasteiger partial charge in [0.15, 0.2) is 0 Å². The summed E-state index contributed by atoms with van der Waals surface area (Å²) in [6.07, 6.45) is 0. The van der Waals surface area contributed by atoms with Crippen molar-refractivity contribution in [1.82, 2.24) is 4.90 Å². The molecule has 1 N–H and O–H groups in total. The van der Waals surface area contributed by atoms with Crippen molar-refractivity contribution in [2.24, 2.45) is 0 Å². The lowest BCUT2D eigenvalue weighted by Gasteiger charge is -2.17. The Morgan fingerprint density at radius 3 is 2.53 bits per heavy atom. The molecule has 0 saturated heterocycles. The summed E-state index contributed by atoms with van der Waals surface area (Å²) in [5.74, 6) is -0.0853. The molecule has 0 spiro atoms. The fraction of sp³-hybridized carbons (Fsp3) is 0.417. The van der Waals surface area contributed by atoms with Crippen LogP contribution in [0.1, 0.15) is 13.8 Å². The first-order valence-corrected chi connectivity index (χ1v) is 6.29. The zero-order valence-corrected chi connectivity index (χ0v) is 11.5. The molecule has 94 valence electrons. The number of nitrogens with one attached hydrogen (secondary N) is 1. The first kappa shape index (κ1) is 14.3. The standard InChI is InChI=1S/C12H16Cl2N2O/c1-3-16(4-2)8-12(17)15-11-7-9(13)5-6-10(11)14/h5-7H,3-4,8H2,1-2H3,(H,15,17). The van der Waals surface area contributed by atoms with Crippen LogP contribution < -0.4 is 5.32 Å². The van der Waals surface area contributed by atoms with Crippen LogP contribution in [0, 0.1) is 0 Å². The molecule has 0 aliphatic heterocycles. The molecule has 1 amide bonds. The van der Waals surface area contributed by atoms with Gasteiger partial charge in [-0.1, -0.05) is 37.0 Å². The molecule has 5 heteroatoms. The monoisotopic (exact) mass is 274 g/mol. The lowest BCUT2D eigenvalue weighted by molar-refractivity contribution is -0.117. The van der Waals surface area contributed by atoms with E-state index in [4.69, 9.17) is 23.2 Å². The Bertz CT molecular complexity index is 392. The molecule has 0 aliphatic carbocycles. The molecule has 0 fully saturated rings. The van der Waals surface area contributed by atoms with Crippen LogP contribution in [0.15, 0.2) is 18.2 Å². The van der Waals surface area contributed by atoms with Crippen molar-refractivity contribution in [3.63, 3.8) is 0 Å². The third-order valence-corrected chi connectivity index (χ3v) is 3.03. The summed E-state index contributed by atoms with van der Waals surface area (Å²) in [5.41, 5.74) is 0.552. The molecule has 17 heavy (non-hydrogen) atoms. The maximum Gasteiger partial charge on any atom is 0.238 e. The number of carbonyl (C=O) groups excluding carboxylic acids is 1. The predicted molar refractivity (Wildman–Crippen MR) is 72.9 cm³/mol. The molecule has 0 aromatic heterocycles. The molecule has 3 nitrogen and oxygen atoms in total. The van der Waals surface area contributed by atoms with Gasteiger partial charge in [0.25, 0.3) is 0 Å². The first-order valence-electron chi connectivity index (χ1n) is 5.54. The predicted octanol–water partition coefficient (Wildman–Crippen LogP) is 3.27. The van der Waals surface area contributed by atoms with E-state index in [-0.39, 0.29) is 5.91 Å². The quantitative estimate of drug-likeness (QED) is 0.894. The average Bonchev–Trinajstić information content (AvgIpc) is 2.31. The zero-order valence-electron chi connectivity index (χ0n) is 9.96. The minimum Gasteiger partial charge on any atom is -0.324 e. The average molecular weight is 275 g/mol. The van der Waals surface area contributed by atoms with Gasteiger partial charge in [-0.3, -0.25) is 9.69 Å². The number of carbonyl (C=O) groups is 1. The molecule has 1 aromatic rings. The van der Waals surface area contributed by atoms with Crippen LogP contribution in [0.5, 0.6) is 0 Å².